The molecule has 7 N–H and O–H groups in total. The van der Waals surface area contributed by atoms with Gasteiger partial charge in [0, 0.05) is 73.4 Å². The number of aliphatic carboxylic acids is 3. The second-order valence-corrected chi connectivity index (χ2v) is 14.8. The number of aromatic amines is 1. The van der Waals surface area contributed by atoms with Gasteiger partial charge in [0.2, 0.25) is 11.8 Å². The number of hydrogen-bond acceptors (Lipinski definition) is 10. The van der Waals surface area contributed by atoms with Crippen molar-refractivity contribution >= 4 is 63.8 Å². The van der Waals surface area contributed by atoms with Crippen molar-refractivity contribution in [1.82, 2.24) is 20.9 Å². The molecule has 0 spiro atoms. The zero-order chi connectivity index (χ0) is 45.6. The second-order valence-electron chi connectivity index (χ2n) is 14.8. The molecule has 0 saturated carbocycles. The van der Waals surface area contributed by atoms with E-state index < -0.39 is 121 Å². The predicted molar refractivity (Wildman–Crippen MR) is 228 cm³/mol. The molecule has 0 aliphatic rings. The summed E-state index contributed by atoms with van der Waals surface area (Å²) >= 11 is 0. The molecule has 0 fully saturated rings. The molecule has 18 heteroatoms. The molecule has 0 aliphatic heterocycles. The number of carboxylic acids is 3. The Balaban J connectivity index is 0.00000746. The molecule has 0 bridgehead atoms. The Bertz CT molecular complexity index is 2020. The van der Waals surface area contributed by atoms with Gasteiger partial charge in [-0.05, 0) is 62.6 Å². The van der Waals surface area contributed by atoms with Gasteiger partial charge in [0.15, 0.2) is 17.3 Å². The Hall–Kier alpha value is -5.41. The Morgan fingerprint density at radius 1 is 0.746 bits per heavy atom. The van der Waals surface area contributed by atoms with Gasteiger partial charge in [0.1, 0.15) is 11.6 Å². The molecule has 2 aromatic carbocycles. The van der Waals surface area contributed by atoms with E-state index in [1.54, 1.807) is 18.3 Å². The first kappa shape index (κ1) is 57.6. The SMILES string of the molecule is CN[C@H](CC(=O)O)C(=O)C[C@@H](CCC(=O)O)C(=O)NCC(=O)C[C@@H](Cc1cccc(F)c1)C(=O)N[C@@H](Cc1c[nH]c2ccccc12)C(=O)C[C@@H](CCC(=O)O)C(C)=O.[CH2-]CC.[CH3-].[W+2]. The maximum absolute atomic E-state index is 14.2. The maximum atomic E-state index is 14.2. The Kier molecular flexibility index (Phi) is 27.2. The molecule has 63 heavy (non-hydrogen) atoms. The van der Waals surface area contributed by atoms with Crippen LogP contribution < -0.4 is 16.0 Å². The number of para-hydroxylation sites is 1. The molecule has 0 unspecified atom stereocenters. The minimum absolute atomic E-state index is 0. The molecular formula is C45H59FN4O12W. The van der Waals surface area contributed by atoms with Crippen molar-refractivity contribution in [2.45, 2.75) is 96.6 Å². The van der Waals surface area contributed by atoms with Crippen LogP contribution >= 0.6 is 0 Å². The number of benzene rings is 2. The van der Waals surface area contributed by atoms with Gasteiger partial charge in [-0.2, -0.15) is 6.42 Å². The van der Waals surface area contributed by atoms with E-state index in [1.807, 2.05) is 19.1 Å². The number of hydrogen-bond donors (Lipinski definition) is 7. The number of ketones is 4. The first-order valence-corrected chi connectivity index (χ1v) is 20.0. The van der Waals surface area contributed by atoms with Crippen LogP contribution in [-0.4, -0.2) is 98.8 Å². The van der Waals surface area contributed by atoms with E-state index in [4.69, 9.17) is 5.11 Å². The van der Waals surface area contributed by atoms with Crippen LogP contribution in [-0.2, 0) is 77.1 Å². The summed E-state index contributed by atoms with van der Waals surface area (Å²) in [5.74, 6) is -11.5. The van der Waals surface area contributed by atoms with Crippen LogP contribution in [0.15, 0.2) is 54.7 Å². The summed E-state index contributed by atoms with van der Waals surface area (Å²) in [5, 5.41) is 36.0. The Morgan fingerprint density at radius 2 is 1.33 bits per heavy atom. The van der Waals surface area contributed by atoms with Crippen LogP contribution in [0.4, 0.5) is 4.39 Å². The van der Waals surface area contributed by atoms with Crippen LogP contribution in [0.3, 0.4) is 0 Å². The smallest absolute Gasteiger partial charge is 0.481 e. The number of fused-ring (bicyclic) bond motifs is 1. The third-order valence-corrected chi connectivity index (χ3v) is 9.85. The van der Waals surface area contributed by atoms with Gasteiger partial charge in [-0.15, -0.1) is 0 Å². The number of nitrogens with one attached hydrogen (secondary N) is 4. The van der Waals surface area contributed by atoms with Gasteiger partial charge in [-0.25, -0.2) is 4.39 Å². The number of halogens is 1. The van der Waals surface area contributed by atoms with Crippen molar-refractivity contribution in [3.05, 3.63) is 86.0 Å². The zero-order valence-electron chi connectivity index (χ0n) is 36.1. The molecule has 3 rings (SSSR count). The standard InChI is InChI=1S/C41H49FN4O12.C3H7.CH3.W/c1-23(47)25(10-12-37(51)52)18-36(50)34(17-28-21-44-32-9-4-3-8-31(28)32)46-41(58)27(14-24-6-5-7-29(42)15-24)16-30(48)22-45-40(57)26(11-13-38(53)54)19-35(49)33(43-2)20-39(55)56;1-3-2;;/h3-9,15,21,25-27,33-34,43-44H,10-14,16-20,22H2,1-2H3,(H,45,57)(H,46,58)(H,51,52)(H,53,54)(H,55,56);1,3H2,2H3;1H3;/q;2*-1;+2/t25-,26-,27-,33-,34+;;;/m1.../s1. The number of carbonyl (C=O) groups excluding carboxylic acids is 6. The first-order chi connectivity index (χ1) is 28.9. The largest absolute Gasteiger partial charge is 2.00 e. The first-order valence-electron chi connectivity index (χ1n) is 20.0. The van der Waals surface area contributed by atoms with E-state index in [9.17, 15) is 57.8 Å². The zero-order valence-corrected chi connectivity index (χ0v) is 39.0. The normalized spacial score (nSPS) is 12.9. The second kappa shape index (κ2) is 29.8. The quantitative estimate of drug-likeness (QED) is 0.0520. The van der Waals surface area contributed by atoms with Crippen LogP contribution in [0.2, 0.25) is 0 Å². The minimum atomic E-state index is -1.27. The van der Waals surface area contributed by atoms with Crippen molar-refractivity contribution in [2.75, 3.05) is 13.6 Å². The molecule has 0 saturated heterocycles. The summed E-state index contributed by atoms with van der Waals surface area (Å²) in [6.45, 7) is 6.10. The van der Waals surface area contributed by atoms with Gasteiger partial charge in [0.05, 0.1) is 25.0 Å². The molecule has 2 amide bonds. The molecule has 1 aromatic heterocycles. The average molecular weight is 1050 g/mol. The minimum Gasteiger partial charge on any atom is -0.481 e. The predicted octanol–water partition coefficient (Wildman–Crippen LogP) is 4.48. The molecule has 0 aliphatic carbocycles. The van der Waals surface area contributed by atoms with E-state index in [0.29, 0.717) is 11.1 Å². The number of aromatic nitrogens is 1. The number of rotatable bonds is 27. The van der Waals surface area contributed by atoms with Crippen molar-refractivity contribution < 1.29 is 83.9 Å². The number of carbonyl (C=O) groups is 9. The Morgan fingerprint density at radius 3 is 1.90 bits per heavy atom. The van der Waals surface area contributed by atoms with E-state index in [-0.39, 0.29) is 67.0 Å². The molecule has 1 heterocycles. The number of carboxylic acid groups (broad SMARTS) is 3. The fourth-order valence-electron chi connectivity index (χ4n) is 6.63. The topological polar surface area (TPSA) is 266 Å². The van der Waals surface area contributed by atoms with Crippen molar-refractivity contribution in [2.24, 2.45) is 17.8 Å². The fourth-order valence-corrected chi connectivity index (χ4v) is 6.63. The van der Waals surface area contributed by atoms with Crippen LogP contribution in [0.25, 0.3) is 10.9 Å². The van der Waals surface area contributed by atoms with Crippen LogP contribution in [0.5, 0.6) is 0 Å². The Labute approximate surface area is 381 Å². The van der Waals surface area contributed by atoms with Crippen molar-refractivity contribution in [1.29, 1.82) is 0 Å². The van der Waals surface area contributed by atoms with E-state index >= 15 is 0 Å². The molecule has 3 aromatic rings. The summed E-state index contributed by atoms with van der Waals surface area (Å²) in [7, 11) is 1.36. The summed E-state index contributed by atoms with van der Waals surface area (Å²) in [5.41, 5.74) is 1.75. The maximum Gasteiger partial charge on any atom is 2.00 e. The molecule has 344 valence electrons. The third kappa shape index (κ3) is 21.0. The summed E-state index contributed by atoms with van der Waals surface area (Å²) in [6.07, 6.45) is -0.747. The van der Waals surface area contributed by atoms with Crippen molar-refractivity contribution in [3.63, 3.8) is 0 Å². The number of Topliss-reactive ketones (excluding diaryl/α,β-unsaturated/α-hetero) is 4. The molecule has 16 nitrogen and oxygen atoms in total. The molecule has 0 radical (unpaired) electrons. The summed E-state index contributed by atoms with van der Waals surface area (Å²) in [6, 6.07) is 10.2. The monoisotopic (exact) mass is 1050 g/mol. The van der Waals surface area contributed by atoms with E-state index in [0.717, 1.165) is 17.3 Å². The van der Waals surface area contributed by atoms with Gasteiger partial charge >= 0.3 is 39.0 Å². The number of H-pyrrole nitrogens is 1. The average Bonchev–Trinajstić information content (AvgIpc) is 3.60. The van der Waals surface area contributed by atoms with E-state index in [1.165, 1.54) is 38.2 Å². The van der Waals surface area contributed by atoms with E-state index in [2.05, 4.69) is 27.9 Å². The summed E-state index contributed by atoms with van der Waals surface area (Å²) < 4.78 is 14.2. The van der Waals surface area contributed by atoms with Gasteiger partial charge in [-0.1, -0.05) is 37.3 Å². The van der Waals surface area contributed by atoms with Crippen molar-refractivity contribution in [3.8, 4) is 0 Å². The number of amides is 2. The number of likely N-dealkylation sites (N-methyl/N-ethyl adjacent to an activating group) is 1. The fraction of sp³-hybridized carbons (Fsp3) is 0.444. The van der Waals surface area contributed by atoms with Gasteiger partial charge in [0.25, 0.3) is 0 Å². The van der Waals surface area contributed by atoms with Gasteiger partial charge < -0.3 is 50.6 Å². The summed E-state index contributed by atoms with van der Waals surface area (Å²) in [4.78, 5) is 117. The van der Waals surface area contributed by atoms with Crippen LogP contribution in [0.1, 0.15) is 82.8 Å². The third-order valence-electron chi connectivity index (χ3n) is 9.85. The van der Waals surface area contributed by atoms with Gasteiger partial charge in [-0.3, -0.25) is 43.2 Å². The molecule has 5 atom stereocenters. The van der Waals surface area contributed by atoms with Crippen LogP contribution in [0, 0.1) is 37.9 Å². The molecular weight excluding hydrogens is 991 g/mol.